The number of nitrogens with two attached hydrogens (primary N) is 1. The van der Waals surface area contributed by atoms with Crippen molar-refractivity contribution in [2.45, 2.75) is 31.1 Å². The summed E-state index contributed by atoms with van der Waals surface area (Å²) >= 11 is 3.37. The minimum atomic E-state index is -0.185. The van der Waals surface area contributed by atoms with Crippen LogP contribution in [0.2, 0.25) is 0 Å². The molecule has 0 saturated carbocycles. The maximum absolute atomic E-state index is 5.84. The summed E-state index contributed by atoms with van der Waals surface area (Å²) in [6.45, 7) is 6.54. The molecule has 0 heterocycles. The Morgan fingerprint density at radius 1 is 1.33 bits per heavy atom. The Balaban J connectivity index is 3.22. The molecule has 1 rings (SSSR count). The van der Waals surface area contributed by atoms with Gasteiger partial charge in [0.25, 0.3) is 0 Å². The largest absolute Gasteiger partial charge is 0.496 e. The van der Waals surface area contributed by atoms with Crippen LogP contribution < -0.4 is 10.5 Å². The van der Waals surface area contributed by atoms with Gasteiger partial charge in [0.1, 0.15) is 5.75 Å². The Kier molecular flexibility index (Phi) is 3.79. The number of hydrogen-bond donors (Lipinski definition) is 1. The average Bonchev–Trinajstić information content (AvgIpc) is 2.15. The first-order valence-electron chi connectivity index (χ1n) is 4.94. The molecule has 15 heavy (non-hydrogen) atoms. The summed E-state index contributed by atoms with van der Waals surface area (Å²) in [5.74, 6) is 0.826. The molecule has 0 bridgehead atoms. The fourth-order valence-corrected chi connectivity index (χ4v) is 1.77. The number of ether oxygens (including phenoxy) is 1. The standard InChI is InChI=1S/C12H18BrNO/c1-12(2,3)8-5-6-10(15-4)9(7-8)11(13)14/h5-7,11H,14H2,1-4H3. The van der Waals surface area contributed by atoms with Gasteiger partial charge in [-0.3, -0.25) is 0 Å². The van der Waals surface area contributed by atoms with Gasteiger partial charge in [0.15, 0.2) is 0 Å². The molecule has 0 aromatic heterocycles. The summed E-state index contributed by atoms with van der Waals surface area (Å²) in [7, 11) is 1.66. The van der Waals surface area contributed by atoms with Crippen LogP contribution in [0.1, 0.15) is 36.8 Å². The van der Waals surface area contributed by atoms with Crippen LogP contribution in [0.4, 0.5) is 0 Å². The highest BCUT2D eigenvalue weighted by molar-refractivity contribution is 9.09. The third-order valence-corrected chi connectivity index (χ3v) is 2.89. The van der Waals surface area contributed by atoms with Crippen LogP contribution in [-0.2, 0) is 5.41 Å². The summed E-state index contributed by atoms with van der Waals surface area (Å²) in [5.41, 5.74) is 8.22. The van der Waals surface area contributed by atoms with Gasteiger partial charge < -0.3 is 10.5 Å². The Labute approximate surface area is 99.9 Å². The highest BCUT2D eigenvalue weighted by Crippen LogP contribution is 2.32. The van der Waals surface area contributed by atoms with Crippen molar-refractivity contribution in [3.8, 4) is 5.75 Å². The lowest BCUT2D eigenvalue weighted by atomic mass is 9.86. The molecule has 0 saturated heterocycles. The zero-order valence-corrected chi connectivity index (χ0v) is 11.3. The van der Waals surface area contributed by atoms with E-state index in [2.05, 4.69) is 48.8 Å². The molecule has 3 heteroatoms. The molecule has 2 N–H and O–H groups in total. The van der Waals surface area contributed by atoms with Crippen molar-refractivity contribution in [1.29, 1.82) is 0 Å². The average molecular weight is 272 g/mol. The summed E-state index contributed by atoms with van der Waals surface area (Å²) in [5, 5.41) is 0. The topological polar surface area (TPSA) is 35.2 Å². The second kappa shape index (κ2) is 4.54. The zero-order valence-electron chi connectivity index (χ0n) is 9.67. The van der Waals surface area contributed by atoms with Crippen molar-refractivity contribution in [3.05, 3.63) is 29.3 Å². The SMILES string of the molecule is COc1ccc(C(C)(C)C)cc1C(N)Br. The molecule has 1 atom stereocenters. The van der Waals surface area contributed by atoms with E-state index in [0.717, 1.165) is 11.3 Å². The van der Waals surface area contributed by atoms with Crippen LogP contribution >= 0.6 is 15.9 Å². The van der Waals surface area contributed by atoms with Crippen LogP contribution in [0.5, 0.6) is 5.75 Å². The third-order valence-electron chi connectivity index (χ3n) is 2.39. The van der Waals surface area contributed by atoms with Gasteiger partial charge in [0, 0.05) is 5.56 Å². The molecule has 0 aliphatic carbocycles. The first-order valence-corrected chi connectivity index (χ1v) is 5.86. The Bertz CT molecular complexity index is 342. The molecule has 0 aliphatic heterocycles. The second-order valence-electron chi connectivity index (χ2n) is 4.61. The van der Waals surface area contributed by atoms with E-state index in [1.165, 1.54) is 5.56 Å². The van der Waals surface area contributed by atoms with E-state index in [1.54, 1.807) is 7.11 Å². The van der Waals surface area contributed by atoms with Gasteiger partial charge in [-0.25, -0.2) is 0 Å². The number of rotatable bonds is 2. The van der Waals surface area contributed by atoms with Crippen LogP contribution in [0, 0.1) is 0 Å². The molecule has 2 nitrogen and oxygen atoms in total. The molecular formula is C12H18BrNO. The van der Waals surface area contributed by atoms with Crippen molar-refractivity contribution in [1.82, 2.24) is 0 Å². The van der Waals surface area contributed by atoms with Crippen molar-refractivity contribution >= 4 is 15.9 Å². The fraction of sp³-hybridized carbons (Fsp3) is 0.500. The monoisotopic (exact) mass is 271 g/mol. The quantitative estimate of drug-likeness (QED) is 0.662. The maximum Gasteiger partial charge on any atom is 0.124 e. The number of alkyl halides is 1. The predicted molar refractivity (Wildman–Crippen MR) is 67.5 cm³/mol. The Hall–Kier alpha value is -0.540. The number of hydrogen-bond acceptors (Lipinski definition) is 2. The highest BCUT2D eigenvalue weighted by Gasteiger charge is 2.17. The van der Waals surface area contributed by atoms with Crippen LogP contribution in [0.25, 0.3) is 0 Å². The third kappa shape index (κ3) is 2.95. The van der Waals surface area contributed by atoms with Crippen LogP contribution in [0.3, 0.4) is 0 Å². The van der Waals surface area contributed by atoms with E-state index in [4.69, 9.17) is 10.5 Å². The minimum Gasteiger partial charge on any atom is -0.496 e. The lowest BCUT2D eigenvalue weighted by Gasteiger charge is -2.21. The first-order chi connectivity index (χ1) is 6.86. The number of methoxy groups -OCH3 is 1. The highest BCUT2D eigenvalue weighted by atomic mass is 79.9. The second-order valence-corrected chi connectivity index (χ2v) is 5.59. The summed E-state index contributed by atoms with van der Waals surface area (Å²) < 4.78 is 5.26. The van der Waals surface area contributed by atoms with E-state index in [9.17, 15) is 0 Å². The van der Waals surface area contributed by atoms with Gasteiger partial charge in [0.2, 0.25) is 0 Å². The Morgan fingerprint density at radius 3 is 2.33 bits per heavy atom. The smallest absolute Gasteiger partial charge is 0.124 e. The predicted octanol–water partition coefficient (Wildman–Crippen LogP) is 3.34. The van der Waals surface area contributed by atoms with E-state index in [1.807, 2.05) is 6.07 Å². The molecular weight excluding hydrogens is 254 g/mol. The van der Waals surface area contributed by atoms with Gasteiger partial charge in [0.05, 0.1) is 12.1 Å². The van der Waals surface area contributed by atoms with Gasteiger partial charge in [-0.1, -0.05) is 42.8 Å². The van der Waals surface area contributed by atoms with Gasteiger partial charge >= 0.3 is 0 Å². The molecule has 0 spiro atoms. The Morgan fingerprint density at radius 2 is 1.93 bits per heavy atom. The van der Waals surface area contributed by atoms with Crippen LogP contribution in [-0.4, -0.2) is 7.11 Å². The normalized spacial score (nSPS) is 13.7. The fourth-order valence-electron chi connectivity index (χ4n) is 1.42. The van der Waals surface area contributed by atoms with E-state index in [0.29, 0.717) is 0 Å². The molecule has 1 aromatic carbocycles. The van der Waals surface area contributed by atoms with Gasteiger partial charge in [-0.05, 0) is 23.1 Å². The van der Waals surface area contributed by atoms with Gasteiger partial charge in [-0.2, -0.15) is 0 Å². The lowest BCUT2D eigenvalue weighted by Crippen LogP contribution is -2.13. The van der Waals surface area contributed by atoms with E-state index in [-0.39, 0.29) is 10.4 Å². The number of halogens is 1. The summed E-state index contributed by atoms with van der Waals surface area (Å²) in [4.78, 5) is -0.185. The molecule has 0 radical (unpaired) electrons. The molecule has 0 aliphatic rings. The molecule has 1 aromatic rings. The molecule has 0 amide bonds. The molecule has 84 valence electrons. The van der Waals surface area contributed by atoms with Crippen molar-refractivity contribution in [2.24, 2.45) is 5.73 Å². The first kappa shape index (κ1) is 12.5. The zero-order chi connectivity index (χ0) is 11.6. The van der Waals surface area contributed by atoms with Crippen molar-refractivity contribution in [2.75, 3.05) is 7.11 Å². The lowest BCUT2D eigenvalue weighted by molar-refractivity contribution is 0.409. The molecule has 0 fully saturated rings. The minimum absolute atomic E-state index is 0.128. The number of benzene rings is 1. The van der Waals surface area contributed by atoms with Crippen molar-refractivity contribution in [3.63, 3.8) is 0 Å². The van der Waals surface area contributed by atoms with E-state index >= 15 is 0 Å². The summed E-state index contributed by atoms with van der Waals surface area (Å²) in [6, 6.07) is 6.15. The molecule has 1 unspecified atom stereocenters. The summed E-state index contributed by atoms with van der Waals surface area (Å²) in [6.07, 6.45) is 0. The van der Waals surface area contributed by atoms with E-state index < -0.39 is 0 Å². The van der Waals surface area contributed by atoms with Gasteiger partial charge in [-0.15, -0.1) is 0 Å². The maximum atomic E-state index is 5.84. The van der Waals surface area contributed by atoms with Crippen molar-refractivity contribution < 1.29 is 4.74 Å². The van der Waals surface area contributed by atoms with Crippen LogP contribution in [0.15, 0.2) is 18.2 Å².